The van der Waals surface area contributed by atoms with Crippen molar-refractivity contribution in [3.05, 3.63) is 70.9 Å². The molecule has 0 aliphatic carbocycles. The van der Waals surface area contributed by atoms with E-state index >= 15 is 0 Å². The zero-order valence-electron chi connectivity index (χ0n) is 22.5. The Morgan fingerprint density at radius 2 is 1.90 bits per heavy atom. The number of anilines is 1. The van der Waals surface area contributed by atoms with Crippen LogP contribution in [0.2, 0.25) is 0 Å². The lowest BCUT2D eigenvalue weighted by Crippen LogP contribution is -2.52. The van der Waals surface area contributed by atoms with Crippen LogP contribution in [-0.2, 0) is 20.9 Å². The third-order valence-corrected chi connectivity index (χ3v) is 7.93. The van der Waals surface area contributed by atoms with E-state index < -0.39 is 11.9 Å². The molecule has 1 atom stereocenters. The van der Waals surface area contributed by atoms with Crippen molar-refractivity contribution < 1.29 is 23.9 Å². The molecule has 10 heteroatoms. The lowest BCUT2D eigenvalue weighted by atomic mass is 9.97. The van der Waals surface area contributed by atoms with Gasteiger partial charge < -0.3 is 19.7 Å². The summed E-state index contributed by atoms with van der Waals surface area (Å²) in [6.45, 7) is 5.16. The number of hydrogen-bond donors (Lipinski definition) is 3. The fourth-order valence-electron chi connectivity index (χ4n) is 5.50. The minimum absolute atomic E-state index is 0.171. The lowest BCUT2D eigenvalue weighted by Gasteiger charge is -2.29. The number of nitrogens with one attached hydrogen (secondary N) is 3. The molecule has 0 spiro atoms. The Kier molecular flexibility index (Phi) is 7.81. The third kappa shape index (κ3) is 5.74. The number of piperidine rings is 1. The summed E-state index contributed by atoms with van der Waals surface area (Å²) in [5.74, 6) is 0.409. The van der Waals surface area contributed by atoms with E-state index in [0.29, 0.717) is 31.1 Å². The molecule has 3 N–H and O–H groups in total. The van der Waals surface area contributed by atoms with Gasteiger partial charge in [-0.15, -0.1) is 0 Å². The lowest BCUT2D eigenvalue weighted by molar-refractivity contribution is -0.136. The molecule has 2 saturated heterocycles. The number of imide groups is 1. The van der Waals surface area contributed by atoms with Crippen LogP contribution in [0.1, 0.15) is 53.1 Å². The van der Waals surface area contributed by atoms with E-state index in [1.807, 2.05) is 12.1 Å². The number of carbonyl (C=O) groups excluding carboxylic acids is 3. The molecule has 4 aliphatic rings. The molecule has 2 fully saturated rings. The first-order chi connectivity index (χ1) is 19.5. The summed E-state index contributed by atoms with van der Waals surface area (Å²) in [7, 11) is 0. The number of fused-ring (bicyclic) bond motifs is 1. The first-order valence-electron chi connectivity index (χ1n) is 14.1. The monoisotopic (exact) mass is 545 g/mol. The molecule has 0 aromatic heterocycles. The normalized spacial score (nSPS) is 20.9. The molecule has 40 heavy (non-hydrogen) atoms. The van der Waals surface area contributed by atoms with Gasteiger partial charge in [-0.05, 0) is 72.8 Å². The zero-order chi connectivity index (χ0) is 27.5. The van der Waals surface area contributed by atoms with E-state index in [0.717, 1.165) is 62.7 Å². The van der Waals surface area contributed by atoms with Crippen LogP contribution >= 0.6 is 0 Å². The zero-order valence-corrected chi connectivity index (χ0v) is 22.5. The van der Waals surface area contributed by atoms with E-state index in [2.05, 4.69) is 51.5 Å². The van der Waals surface area contributed by atoms with E-state index in [1.165, 1.54) is 11.1 Å². The Bertz CT molecular complexity index is 1310. The summed E-state index contributed by atoms with van der Waals surface area (Å²) >= 11 is 0. The van der Waals surface area contributed by atoms with Crippen LogP contribution in [0.15, 0.2) is 54.2 Å². The molecule has 6 rings (SSSR count). The highest BCUT2D eigenvalue weighted by molar-refractivity contribution is 6.05. The van der Waals surface area contributed by atoms with E-state index in [-0.39, 0.29) is 18.2 Å². The highest BCUT2D eigenvalue weighted by Gasteiger charge is 2.39. The molecule has 0 radical (unpaired) electrons. The number of ether oxygens (including phenoxy) is 2. The Hall–Kier alpha value is -3.73. The molecule has 4 heterocycles. The van der Waals surface area contributed by atoms with Crippen molar-refractivity contribution in [3.63, 3.8) is 0 Å². The van der Waals surface area contributed by atoms with Crippen LogP contribution in [-0.4, -0.2) is 68.1 Å². The first kappa shape index (κ1) is 26.5. The Morgan fingerprint density at radius 1 is 1.05 bits per heavy atom. The third-order valence-electron chi connectivity index (χ3n) is 7.93. The standard InChI is InChI=1S/C30H35N5O5/c36-28-10-9-27(29(37)33-28)34-17-22-13-25(7-8-26(22)30(34)38)40-12-2-1-11-31-14-20-15-32-35(16-20)24-5-3-21(4-6-24)23-18-39-19-23/h3-8,13,16,23,27,31-32H,1-2,9-12,14-15,17-19H2,(H,33,36,37). The topological polar surface area (TPSA) is 112 Å². The van der Waals surface area contributed by atoms with Crippen LogP contribution in [0.4, 0.5) is 5.69 Å². The van der Waals surface area contributed by atoms with Crippen molar-refractivity contribution in [3.8, 4) is 5.75 Å². The number of nitrogens with zero attached hydrogens (tertiary/aromatic N) is 2. The summed E-state index contributed by atoms with van der Waals surface area (Å²) in [5, 5.41) is 7.93. The fourth-order valence-corrected chi connectivity index (χ4v) is 5.50. The number of hydrogen-bond acceptors (Lipinski definition) is 8. The van der Waals surface area contributed by atoms with Crippen LogP contribution < -0.4 is 25.8 Å². The number of benzene rings is 2. The van der Waals surface area contributed by atoms with Crippen molar-refractivity contribution >= 4 is 23.4 Å². The number of amides is 3. The molecule has 3 amide bonds. The average Bonchev–Trinajstić information content (AvgIpc) is 3.52. The van der Waals surface area contributed by atoms with Crippen molar-refractivity contribution in [1.82, 2.24) is 21.0 Å². The van der Waals surface area contributed by atoms with E-state index in [1.54, 1.807) is 11.0 Å². The minimum Gasteiger partial charge on any atom is -0.494 e. The van der Waals surface area contributed by atoms with Crippen molar-refractivity contribution in [2.75, 3.05) is 44.5 Å². The van der Waals surface area contributed by atoms with Gasteiger partial charge in [-0.25, -0.2) is 5.43 Å². The van der Waals surface area contributed by atoms with Gasteiger partial charge in [0.1, 0.15) is 11.8 Å². The first-order valence-corrected chi connectivity index (χ1v) is 14.1. The van der Waals surface area contributed by atoms with Crippen LogP contribution in [0.3, 0.4) is 0 Å². The number of hydrazine groups is 1. The smallest absolute Gasteiger partial charge is 0.255 e. The Morgan fingerprint density at radius 3 is 2.67 bits per heavy atom. The Balaban J connectivity index is 0.889. The molecular weight excluding hydrogens is 510 g/mol. The summed E-state index contributed by atoms with van der Waals surface area (Å²) in [6.07, 6.45) is 4.67. The molecule has 2 aromatic rings. The largest absolute Gasteiger partial charge is 0.494 e. The van der Waals surface area contributed by atoms with Crippen LogP contribution in [0.25, 0.3) is 0 Å². The van der Waals surface area contributed by atoms with Crippen molar-refractivity contribution in [2.45, 2.75) is 44.2 Å². The van der Waals surface area contributed by atoms with Gasteiger partial charge in [-0.2, -0.15) is 0 Å². The highest BCUT2D eigenvalue weighted by atomic mass is 16.5. The second-order valence-corrected chi connectivity index (χ2v) is 10.8. The quantitative estimate of drug-likeness (QED) is 0.291. The molecule has 210 valence electrons. The predicted octanol–water partition coefficient (Wildman–Crippen LogP) is 2.22. The number of rotatable bonds is 11. The maximum Gasteiger partial charge on any atom is 0.255 e. The van der Waals surface area contributed by atoms with Gasteiger partial charge in [0, 0.05) is 43.7 Å². The average molecular weight is 546 g/mol. The summed E-state index contributed by atoms with van der Waals surface area (Å²) < 4.78 is 11.2. The van der Waals surface area contributed by atoms with Crippen molar-refractivity contribution in [1.29, 1.82) is 0 Å². The highest BCUT2D eigenvalue weighted by Crippen LogP contribution is 2.30. The summed E-state index contributed by atoms with van der Waals surface area (Å²) in [6, 6.07) is 13.5. The van der Waals surface area contributed by atoms with E-state index in [9.17, 15) is 14.4 Å². The molecule has 2 aromatic carbocycles. The van der Waals surface area contributed by atoms with E-state index in [4.69, 9.17) is 9.47 Å². The molecule has 0 saturated carbocycles. The summed E-state index contributed by atoms with van der Waals surface area (Å²) in [5.41, 5.74) is 8.66. The van der Waals surface area contributed by atoms with Gasteiger partial charge in [0.25, 0.3) is 5.91 Å². The maximum absolute atomic E-state index is 12.8. The van der Waals surface area contributed by atoms with Gasteiger partial charge in [0.15, 0.2) is 0 Å². The fraction of sp³-hybridized carbons (Fsp3) is 0.433. The SMILES string of the molecule is O=C1CCC(N2Cc3cc(OCCCCNCC4=CN(c5ccc(C6COC6)cc5)NC4)ccc3C2=O)C(=O)N1. The van der Waals surface area contributed by atoms with Gasteiger partial charge in [-0.1, -0.05) is 12.1 Å². The second kappa shape index (κ2) is 11.8. The van der Waals surface area contributed by atoms with Gasteiger partial charge in [0.05, 0.1) is 25.5 Å². The van der Waals surface area contributed by atoms with Gasteiger partial charge in [-0.3, -0.25) is 24.7 Å². The molecular formula is C30H35N5O5. The minimum atomic E-state index is -0.604. The molecule has 10 nitrogen and oxygen atoms in total. The summed E-state index contributed by atoms with van der Waals surface area (Å²) in [4.78, 5) is 38.1. The van der Waals surface area contributed by atoms with Crippen LogP contribution in [0.5, 0.6) is 5.75 Å². The van der Waals surface area contributed by atoms with Crippen LogP contribution in [0, 0.1) is 0 Å². The second-order valence-electron chi connectivity index (χ2n) is 10.8. The number of carbonyl (C=O) groups is 3. The number of unbranched alkanes of at least 4 members (excludes halogenated alkanes) is 1. The Labute approximate surface area is 233 Å². The predicted molar refractivity (Wildman–Crippen MR) is 149 cm³/mol. The van der Waals surface area contributed by atoms with Gasteiger partial charge >= 0.3 is 0 Å². The molecule has 4 aliphatic heterocycles. The maximum atomic E-state index is 12.8. The molecule has 0 bridgehead atoms. The van der Waals surface area contributed by atoms with Crippen molar-refractivity contribution in [2.24, 2.45) is 0 Å². The van der Waals surface area contributed by atoms with Gasteiger partial charge in [0.2, 0.25) is 11.8 Å². The molecule has 1 unspecified atom stereocenters.